The lowest BCUT2D eigenvalue weighted by atomic mass is 10.1. The fourth-order valence-electron chi connectivity index (χ4n) is 0.944. The molecule has 0 atom stereocenters. The number of hydrogen-bond acceptors (Lipinski definition) is 4. The number of hydrogen-bond donors (Lipinski definition) is 0. The third-order valence-corrected chi connectivity index (χ3v) is 1.56. The highest BCUT2D eigenvalue weighted by Crippen LogP contribution is 2.03. The second-order valence-corrected chi connectivity index (χ2v) is 2.53. The van der Waals surface area contributed by atoms with Crippen molar-refractivity contribution >= 4 is 11.8 Å². The largest absolute Gasteiger partial charge is 0.351 e. The molecule has 0 fully saturated rings. The Morgan fingerprint density at radius 3 is 2.50 bits per heavy atom. The van der Waals surface area contributed by atoms with Crippen LogP contribution < -0.4 is 0 Å². The van der Waals surface area contributed by atoms with Crippen LogP contribution in [0.3, 0.4) is 0 Å². The third kappa shape index (κ3) is 2.72. The predicted octanol–water partition coefficient (Wildman–Crippen LogP) is 1.28. The minimum atomic E-state index is -0.832. The van der Waals surface area contributed by atoms with Gasteiger partial charge in [0.15, 0.2) is 5.78 Å². The SMILES string of the molecule is N#COC(=O)CC(=O)c1ccccc1. The van der Waals surface area contributed by atoms with E-state index in [4.69, 9.17) is 5.26 Å². The minimum absolute atomic E-state index is 0.356. The van der Waals surface area contributed by atoms with Crippen molar-refractivity contribution in [3.8, 4) is 6.26 Å². The van der Waals surface area contributed by atoms with Crippen molar-refractivity contribution in [1.82, 2.24) is 0 Å². The maximum atomic E-state index is 11.3. The summed E-state index contributed by atoms with van der Waals surface area (Å²) in [6, 6.07) is 8.36. The molecular weight excluding hydrogens is 182 g/mol. The third-order valence-electron chi connectivity index (χ3n) is 1.56. The van der Waals surface area contributed by atoms with Gasteiger partial charge in [0.2, 0.25) is 0 Å². The van der Waals surface area contributed by atoms with Gasteiger partial charge in [-0.1, -0.05) is 30.3 Å². The standard InChI is InChI=1S/C10H7NO3/c11-7-14-10(13)6-9(12)8-4-2-1-3-5-8/h1-5H,6H2. The van der Waals surface area contributed by atoms with Crippen LogP contribution in [-0.4, -0.2) is 11.8 Å². The average Bonchev–Trinajstić information content (AvgIpc) is 2.19. The molecule has 0 aromatic heterocycles. The summed E-state index contributed by atoms with van der Waals surface area (Å²) < 4.78 is 3.98. The van der Waals surface area contributed by atoms with Crippen molar-refractivity contribution in [3.63, 3.8) is 0 Å². The van der Waals surface area contributed by atoms with Gasteiger partial charge in [0.25, 0.3) is 6.26 Å². The second kappa shape index (κ2) is 4.77. The van der Waals surface area contributed by atoms with Gasteiger partial charge < -0.3 is 4.74 Å². The monoisotopic (exact) mass is 189 g/mol. The first-order chi connectivity index (χ1) is 6.74. The average molecular weight is 189 g/mol. The molecule has 14 heavy (non-hydrogen) atoms. The Morgan fingerprint density at radius 2 is 1.93 bits per heavy atom. The molecule has 0 amide bonds. The molecule has 0 saturated heterocycles. The predicted molar refractivity (Wildman–Crippen MR) is 47.1 cm³/mol. The summed E-state index contributed by atoms with van der Waals surface area (Å²) in [5, 5.41) is 8.02. The maximum Gasteiger partial charge on any atom is 0.329 e. The molecule has 4 nitrogen and oxygen atoms in total. The molecule has 0 aliphatic heterocycles. The van der Waals surface area contributed by atoms with Gasteiger partial charge in [-0.05, 0) is 0 Å². The highest BCUT2D eigenvalue weighted by molar-refractivity contribution is 6.06. The summed E-state index contributed by atoms with van der Waals surface area (Å²) in [5.41, 5.74) is 0.433. The first-order valence-electron chi connectivity index (χ1n) is 3.91. The number of esters is 1. The van der Waals surface area contributed by atoms with Gasteiger partial charge in [-0.3, -0.25) is 9.59 Å². The molecule has 1 aromatic rings. The molecule has 0 aliphatic carbocycles. The zero-order valence-electron chi connectivity index (χ0n) is 7.27. The summed E-state index contributed by atoms with van der Waals surface area (Å²) in [5.74, 6) is -1.19. The van der Waals surface area contributed by atoms with Crippen LogP contribution in [0.1, 0.15) is 16.8 Å². The summed E-state index contributed by atoms with van der Waals surface area (Å²) >= 11 is 0. The van der Waals surface area contributed by atoms with Gasteiger partial charge in [0.1, 0.15) is 6.42 Å². The van der Waals surface area contributed by atoms with Crippen LogP contribution in [0.2, 0.25) is 0 Å². The highest BCUT2D eigenvalue weighted by Gasteiger charge is 2.12. The molecule has 1 rings (SSSR count). The molecular formula is C10H7NO3. The van der Waals surface area contributed by atoms with Gasteiger partial charge >= 0.3 is 5.97 Å². The van der Waals surface area contributed by atoms with Crippen LogP contribution in [-0.2, 0) is 9.53 Å². The fourth-order valence-corrected chi connectivity index (χ4v) is 0.944. The number of ether oxygens (including phenoxy) is 1. The van der Waals surface area contributed by atoms with Gasteiger partial charge in [0.05, 0.1) is 0 Å². The Morgan fingerprint density at radius 1 is 1.29 bits per heavy atom. The van der Waals surface area contributed by atoms with Crippen LogP contribution in [0.5, 0.6) is 0 Å². The Hall–Kier alpha value is -2.15. The number of ketones is 1. The van der Waals surface area contributed by atoms with Crippen LogP contribution >= 0.6 is 0 Å². The molecule has 0 bridgehead atoms. The Balaban J connectivity index is 2.61. The van der Waals surface area contributed by atoms with Gasteiger partial charge in [-0.2, -0.15) is 0 Å². The number of carbonyl (C=O) groups excluding carboxylic acids is 2. The van der Waals surface area contributed by atoms with E-state index >= 15 is 0 Å². The Kier molecular flexibility index (Phi) is 3.39. The highest BCUT2D eigenvalue weighted by atomic mass is 16.5. The zero-order chi connectivity index (χ0) is 10.4. The van der Waals surface area contributed by atoms with Crippen molar-refractivity contribution in [3.05, 3.63) is 35.9 Å². The summed E-state index contributed by atoms with van der Waals surface area (Å²) in [4.78, 5) is 22.1. The smallest absolute Gasteiger partial charge is 0.329 e. The molecule has 1 aromatic carbocycles. The summed E-state index contributed by atoms with van der Waals surface area (Å²) in [6.07, 6.45) is 0.817. The molecule has 4 heteroatoms. The number of benzene rings is 1. The van der Waals surface area contributed by atoms with Gasteiger partial charge in [-0.25, -0.2) is 0 Å². The first kappa shape index (κ1) is 9.93. The second-order valence-electron chi connectivity index (χ2n) is 2.53. The van der Waals surface area contributed by atoms with Crippen LogP contribution in [0.15, 0.2) is 30.3 Å². The summed E-state index contributed by atoms with van der Waals surface area (Å²) in [7, 11) is 0. The Bertz CT molecular complexity index is 378. The molecule has 0 aliphatic rings. The van der Waals surface area contributed by atoms with E-state index in [-0.39, 0.29) is 5.78 Å². The fraction of sp³-hybridized carbons (Fsp3) is 0.100. The number of nitrogens with zero attached hydrogens (tertiary/aromatic N) is 1. The normalized spacial score (nSPS) is 8.79. The number of carbonyl (C=O) groups is 2. The quantitative estimate of drug-likeness (QED) is 0.311. The van der Waals surface area contributed by atoms with Crippen molar-refractivity contribution in [2.75, 3.05) is 0 Å². The van der Waals surface area contributed by atoms with Crippen molar-refractivity contribution in [2.45, 2.75) is 6.42 Å². The van der Waals surface area contributed by atoms with Crippen molar-refractivity contribution < 1.29 is 14.3 Å². The van der Waals surface area contributed by atoms with Crippen molar-refractivity contribution in [2.24, 2.45) is 0 Å². The topological polar surface area (TPSA) is 67.2 Å². The molecule has 0 spiro atoms. The van der Waals surface area contributed by atoms with Crippen LogP contribution in [0.25, 0.3) is 0 Å². The molecule has 0 heterocycles. The molecule has 70 valence electrons. The van der Waals surface area contributed by atoms with Gasteiger partial charge in [-0.15, -0.1) is 5.26 Å². The molecule has 0 N–H and O–H groups in total. The minimum Gasteiger partial charge on any atom is -0.351 e. The lowest BCUT2D eigenvalue weighted by Crippen LogP contribution is -2.08. The van der Waals surface area contributed by atoms with E-state index in [0.717, 1.165) is 0 Å². The number of Topliss-reactive ketones (excluding diaryl/α,β-unsaturated/α-hetero) is 1. The molecule has 0 saturated carbocycles. The zero-order valence-corrected chi connectivity index (χ0v) is 7.27. The van der Waals surface area contributed by atoms with E-state index in [1.54, 1.807) is 30.3 Å². The molecule has 0 radical (unpaired) electrons. The van der Waals surface area contributed by atoms with Crippen LogP contribution in [0, 0.1) is 11.5 Å². The lowest BCUT2D eigenvalue weighted by molar-refractivity contribution is -0.135. The van der Waals surface area contributed by atoms with Gasteiger partial charge in [0, 0.05) is 5.56 Å². The van der Waals surface area contributed by atoms with Crippen LogP contribution in [0.4, 0.5) is 0 Å². The van der Waals surface area contributed by atoms with E-state index < -0.39 is 12.4 Å². The van der Waals surface area contributed by atoms with E-state index in [2.05, 4.69) is 4.74 Å². The summed E-state index contributed by atoms with van der Waals surface area (Å²) in [6.45, 7) is 0. The first-order valence-corrected chi connectivity index (χ1v) is 3.91. The van der Waals surface area contributed by atoms with Crippen molar-refractivity contribution in [1.29, 1.82) is 5.26 Å². The number of nitriles is 1. The molecule has 0 unspecified atom stereocenters. The van der Waals surface area contributed by atoms with E-state index in [0.29, 0.717) is 5.56 Å². The number of rotatable bonds is 3. The lowest BCUT2D eigenvalue weighted by Gasteiger charge is -1.96. The van der Waals surface area contributed by atoms with E-state index in [1.807, 2.05) is 0 Å². The van der Waals surface area contributed by atoms with E-state index in [9.17, 15) is 9.59 Å². The Labute approximate surface area is 80.7 Å². The maximum absolute atomic E-state index is 11.3. The van der Waals surface area contributed by atoms with E-state index in [1.165, 1.54) is 6.26 Å².